The average molecular weight is 276 g/mol. The lowest BCUT2D eigenvalue weighted by atomic mass is 10.0. The van der Waals surface area contributed by atoms with E-state index in [0.717, 1.165) is 11.1 Å². The fourth-order valence-electron chi connectivity index (χ4n) is 2.03. The van der Waals surface area contributed by atoms with Crippen LogP contribution in [0.4, 0.5) is 8.78 Å². The lowest BCUT2D eigenvalue weighted by Gasteiger charge is -2.18. The molecular formula is C16H14F2O2. The smallest absolute Gasteiger partial charge is 0.123 e. The van der Waals surface area contributed by atoms with Gasteiger partial charge in [0, 0.05) is 0 Å². The van der Waals surface area contributed by atoms with Gasteiger partial charge >= 0.3 is 0 Å². The van der Waals surface area contributed by atoms with Crippen molar-refractivity contribution >= 4 is 0 Å². The van der Waals surface area contributed by atoms with E-state index in [0.29, 0.717) is 13.2 Å². The quantitative estimate of drug-likeness (QED) is 0.780. The van der Waals surface area contributed by atoms with Crippen molar-refractivity contribution in [1.29, 1.82) is 0 Å². The van der Waals surface area contributed by atoms with Crippen LogP contribution in [0.15, 0.2) is 48.5 Å². The largest absolute Gasteiger partial charge is 0.371 e. The van der Waals surface area contributed by atoms with Gasteiger partial charge in [0.05, 0.1) is 13.2 Å². The molecule has 0 saturated carbocycles. The highest BCUT2D eigenvalue weighted by molar-refractivity contribution is 5.30. The van der Waals surface area contributed by atoms with Crippen LogP contribution in [-0.2, 0) is 9.47 Å². The fraction of sp³-hybridized carbons (Fsp3) is 0.250. The maximum Gasteiger partial charge on any atom is 0.123 e. The molecule has 0 radical (unpaired) electrons. The number of hydrogen-bond donors (Lipinski definition) is 0. The molecule has 2 nitrogen and oxygen atoms in total. The highest BCUT2D eigenvalue weighted by Gasteiger charge is 2.25. The summed E-state index contributed by atoms with van der Waals surface area (Å²) in [4.78, 5) is 0. The Morgan fingerprint density at radius 1 is 0.950 bits per heavy atom. The number of ether oxygens (including phenoxy) is 2. The molecule has 2 aromatic carbocycles. The first-order valence-corrected chi connectivity index (χ1v) is 6.46. The van der Waals surface area contributed by atoms with E-state index in [1.807, 2.05) is 0 Å². The third kappa shape index (κ3) is 3.21. The van der Waals surface area contributed by atoms with E-state index in [2.05, 4.69) is 0 Å². The molecule has 1 fully saturated rings. The molecule has 0 bridgehead atoms. The van der Waals surface area contributed by atoms with Crippen molar-refractivity contribution in [3.63, 3.8) is 0 Å². The zero-order valence-electron chi connectivity index (χ0n) is 10.8. The summed E-state index contributed by atoms with van der Waals surface area (Å²) >= 11 is 0. The molecule has 0 aliphatic carbocycles. The maximum absolute atomic E-state index is 13.0. The Morgan fingerprint density at radius 3 is 1.80 bits per heavy atom. The molecule has 0 N–H and O–H groups in total. The molecule has 0 spiro atoms. The summed E-state index contributed by atoms with van der Waals surface area (Å²) in [7, 11) is 0. The van der Waals surface area contributed by atoms with Crippen LogP contribution in [0.5, 0.6) is 0 Å². The van der Waals surface area contributed by atoms with Gasteiger partial charge in [0.25, 0.3) is 0 Å². The predicted molar refractivity (Wildman–Crippen MR) is 70.3 cm³/mol. The van der Waals surface area contributed by atoms with Gasteiger partial charge in [-0.1, -0.05) is 24.3 Å². The Bertz CT molecular complexity index is 517. The zero-order valence-corrected chi connectivity index (χ0v) is 10.8. The predicted octanol–water partition coefficient (Wildman–Crippen LogP) is 3.47. The minimum Gasteiger partial charge on any atom is -0.371 e. The summed E-state index contributed by atoms with van der Waals surface area (Å²) in [6, 6.07) is 12.3. The molecule has 20 heavy (non-hydrogen) atoms. The van der Waals surface area contributed by atoms with Crippen molar-refractivity contribution in [1.82, 2.24) is 0 Å². The van der Waals surface area contributed by atoms with E-state index in [1.54, 1.807) is 24.3 Å². The average Bonchev–Trinajstić information content (AvgIpc) is 3.27. The molecule has 1 atom stereocenters. The topological polar surface area (TPSA) is 21.8 Å². The van der Waals surface area contributed by atoms with Crippen LogP contribution >= 0.6 is 0 Å². The number of epoxide rings is 1. The second kappa shape index (κ2) is 5.69. The zero-order chi connectivity index (χ0) is 13.9. The summed E-state index contributed by atoms with van der Waals surface area (Å²) in [6.07, 6.45) is -0.209. The maximum atomic E-state index is 13.0. The van der Waals surface area contributed by atoms with Crippen molar-refractivity contribution in [2.45, 2.75) is 12.2 Å². The summed E-state index contributed by atoms with van der Waals surface area (Å²) in [5, 5.41) is 0. The Hall–Kier alpha value is -1.78. The van der Waals surface area contributed by atoms with Crippen LogP contribution in [0.2, 0.25) is 0 Å². The minimum atomic E-state index is -0.347. The molecule has 1 aliphatic rings. The van der Waals surface area contributed by atoms with Gasteiger partial charge in [-0.05, 0) is 35.4 Å². The Kier molecular flexibility index (Phi) is 3.76. The van der Waals surface area contributed by atoms with Gasteiger partial charge in [-0.25, -0.2) is 8.78 Å². The molecular weight excluding hydrogens is 262 g/mol. The molecule has 1 aliphatic heterocycles. The van der Waals surface area contributed by atoms with E-state index in [-0.39, 0.29) is 23.8 Å². The lowest BCUT2D eigenvalue weighted by Crippen LogP contribution is -2.10. The van der Waals surface area contributed by atoms with Crippen molar-refractivity contribution < 1.29 is 18.3 Å². The first kappa shape index (κ1) is 13.2. The van der Waals surface area contributed by atoms with Gasteiger partial charge in [-0.2, -0.15) is 0 Å². The molecule has 1 unspecified atom stereocenters. The number of halogens is 2. The number of hydrogen-bond acceptors (Lipinski definition) is 2. The monoisotopic (exact) mass is 276 g/mol. The Balaban J connectivity index is 1.85. The van der Waals surface area contributed by atoms with Gasteiger partial charge < -0.3 is 9.47 Å². The second-order valence-electron chi connectivity index (χ2n) is 4.77. The van der Waals surface area contributed by atoms with E-state index in [4.69, 9.17) is 9.47 Å². The van der Waals surface area contributed by atoms with Crippen molar-refractivity contribution in [3.05, 3.63) is 71.3 Å². The van der Waals surface area contributed by atoms with E-state index >= 15 is 0 Å². The SMILES string of the molecule is Fc1ccc(C(OCC2CO2)c2ccc(F)cc2)cc1. The number of benzene rings is 2. The molecule has 4 heteroatoms. The lowest BCUT2D eigenvalue weighted by molar-refractivity contribution is 0.0671. The molecule has 104 valence electrons. The summed E-state index contributed by atoms with van der Waals surface area (Å²) in [5.74, 6) is -0.589. The Labute approximate surface area is 116 Å². The van der Waals surface area contributed by atoms with E-state index in [9.17, 15) is 8.78 Å². The summed E-state index contributed by atoms with van der Waals surface area (Å²) < 4.78 is 37.0. The molecule has 3 rings (SSSR count). The standard InChI is InChI=1S/C16H14F2O2/c17-13-5-1-11(2-6-13)16(20-10-15-9-19-15)12-3-7-14(18)8-4-12/h1-8,15-16H,9-10H2. The number of rotatable bonds is 5. The van der Waals surface area contributed by atoms with Gasteiger partial charge in [0.1, 0.15) is 23.8 Å². The van der Waals surface area contributed by atoms with Crippen LogP contribution < -0.4 is 0 Å². The van der Waals surface area contributed by atoms with Gasteiger partial charge in [0.2, 0.25) is 0 Å². The van der Waals surface area contributed by atoms with Crippen LogP contribution in [0.3, 0.4) is 0 Å². The van der Waals surface area contributed by atoms with Crippen LogP contribution in [-0.4, -0.2) is 19.3 Å². The van der Waals surface area contributed by atoms with E-state index < -0.39 is 0 Å². The van der Waals surface area contributed by atoms with Crippen molar-refractivity contribution in [3.8, 4) is 0 Å². The molecule has 0 aromatic heterocycles. The van der Waals surface area contributed by atoms with Gasteiger partial charge in [-0.3, -0.25) is 0 Å². The molecule has 1 heterocycles. The van der Waals surface area contributed by atoms with Crippen molar-refractivity contribution in [2.75, 3.05) is 13.2 Å². The second-order valence-corrected chi connectivity index (χ2v) is 4.77. The highest BCUT2D eigenvalue weighted by atomic mass is 19.1. The van der Waals surface area contributed by atoms with Crippen LogP contribution in [0.1, 0.15) is 17.2 Å². The summed E-state index contributed by atoms with van der Waals surface area (Å²) in [6.45, 7) is 1.18. The molecule has 1 saturated heterocycles. The Morgan fingerprint density at radius 2 is 1.40 bits per heavy atom. The molecule has 0 amide bonds. The first-order chi connectivity index (χ1) is 9.72. The first-order valence-electron chi connectivity index (χ1n) is 6.46. The van der Waals surface area contributed by atoms with Crippen LogP contribution in [0, 0.1) is 11.6 Å². The third-order valence-corrected chi connectivity index (χ3v) is 3.20. The minimum absolute atomic E-state index is 0.137. The van der Waals surface area contributed by atoms with E-state index in [1.165, 1.54) is 24.3 Å². The molecule has 2 aromatic rings. The normalized spacial score (nSPS) is 17.4. The van der Waals surface area contributed by atoms with Gasteiger partial charge in [-0.15, -0.1) is 0 Å². The third-order valence-electron chi connectivity index (χ3n) is 3.20. The van der Waals surface area contributed by atoms with Crippen molar-refractivity contribution in [2.24, 2.45) is 0 Å². The highest BCUT2D eigenvalue weighted by Crippen LogP contribution is 2.27. The van der Waals surface area contributed by atoms with Crippen LogP contribution in [0.25, 0.3) is 0 Å². The summed E-state index contributed by atoms with van der Waals surface area (Å²) in [5.41, 5.74) is 1.66. The van der Waals surface area contributed by atoms with Gasteiger partial charge in [0.15, 0.2) is 0 Å². The fourth-order valence-corrected chi connectivity index (χ4v) is 2.03.